The molecule has 0 radical (unpaired) electrons. The number of fused-ring (bicyclic) bond motifs is 1. The number of likely N-dealkylation sites (tertiary alicyclic amines) is 1. The van der Waals surface area contributed by atoms with E-state index >= 15 is 0 Å². The van der Waals surface area contributed by atoms with Gasteiger partial charge in [-0.3, -0.25) is 19.0 Å². The van der Waals surface area contributed by atoms with Gasteiger partial charge in [0.15, 0.2) is 5.76 Å². The number of aromatic nitrogens is 2. The highest BCUT2D eigenvalue weighted by molar-refractivity contribution is 7.17. The first-order valence-corrected chi connectivity index (χ1v) is 12.5. The second-order valence-corrected chi connectivity index (χ2v) is 9.66. The van der Waals surface area contributed by atoms with Crippen LogP contribution in [0.4, 0.5) is 0 Å². The average Bonchev–Trinajstić information content (AvgIpc) is 3.55. The molecule has 0 bridgehead atoms. The van der Waals surface area contributed by atoms with E-state index in [2.05, 4.69) is 10.3 Å². The summed E-state index contributed by atoms with van der Waals surface area (Å²) >= 11 is 1.45. The van der Waals surface area contributed by atoms with Crippen molar-refractivity contribution in [2.24, 2.45) is 0 Å². The monoisotopic (exact) mass is 490 g/mol. The Morgan fingerprint density at radius 2 is 1.94 bits per heavy atom. The number of amides is 2. The molecule has 0 unspecified atom stereocenters. The molecular formula is C26H26N4O4S. The maximum Gasteiger partial charge on any atom is 0.289 e. The summed E-state index contributed by atoms with van der Waals surface area (Å²) in [7, 11) is 0. The second-order valence-electron chi connectivity index (χ2n) is 8.80. The third kappa shape index (κ3) is 4.90. The summed E-state index contributed by atoms with van der Waals surface area (Å²) in [6, 6.07) is 11.4. The van der Waals surface area contributed by atoms with Gasteiger partial charge in [-0.25, -0.2) is 4.98 Å². The predicted molar refractivity (Wildman–Crippen MR) is 134 cm³/mol. The molecule has 0 spiro atoms. The number of carbonyl (C=O) groups excluding carboxylic acids is 2. The first-order chi connectivity index (χ1) is 17.0. The van der Waals surface area contributed by atoms with Crippen LogP contribution in [0.25, 0.3) is 21.3 Å². The molecule has 0 aliphatic carbocycles. The zero-order chi connectivity index (χ0) is 24.4. The van der Waals surface area contributed by atoms with Crippen LogP contribution in [0.1, 0.15) is 35.4 Å². The van der Waals surface area contributed by atoms with Gasteiger partial charge in [-0.2, -0.15) is 0 Å². The van der Waals surface area contributed by atoms with Gasteiger partial charge in [-0.15, -0.1) is 11.3 Å². The predicted octanol–water partition coefficient (Wildman–Crippen LogP) is 3.84. The number of rotatable bonds is 6. The normalized spacial score (nSPS) is 14.4. The van der Waals surface area contributed by atoms with Gasteiger partial charge >= 0.3 is 0 Å². The topological polar surface area (TPSA) is 97.4 Å². The highest BCUT2D eigenvalue weighted by Crippen LogP contribution is 2.30. The summed E-state index contributed by atoms with van der Waals surface area (Å²) in [6.07, 6.45) is 4.55. The zero-order valence-corrected chi connectivity index (χ0v) is 20.2. The Labute approximate surface area is 206 Å². The first kappa shape index (κ1) is 23.0. The Bertz CT molecular complexity index is 1400. The van der Waals surface area contributed by atoms with E-state index in [4.69, 9.17) is 4.42 Å². The van der Waals surface area contributed by atoms with Crippen molar-refractivity contribution < 1.29 is 14.0 Å². The van der Waals surface area contributed by atoms with Crippen LogP contribution >= 0.6 is 11.3 Å². The lowest BCUT2D eigenvalue weighted by atomic mass is 10.0. The fourth-order valence-corrected chi connectivity index (χ4v) is 5.28. The fraction of sp³-hybridized carbons (Fsp3) is 0.308. The van der Waals surface area contributed by atoms with Gasteiger partial charge in [0.2, 0.25) is 5.91 Å². The van der Waals surface area contributed by atoms with Gasteiger partial charge in [0, 0.05) is 43.0 Å². The van der Waals surface area contributed by atoms with E-state index in [1.807, 2.05) is 36.6 Å². The van der Waals surface area contributed by atoms with Crippen LogP contribution in [-0.4, -0.2) is 45.4 Å². The van der Waals surface area contributed by atoms with E-state index in [-0.39, 0.29) is 36.4 Å². The summed E-state index contributed by atoms with van der Waals surface area (Å²) in [5.74, 6) is 0.0945. The van der Waals surface area contributed by atoms with Crippen molar-refractivity contribution in [2.75, 3.05) is 13.1 Å². The molecule has 180 valence electrons. The molecule has 1 aliphatic rings. The number of furan rings is 1. The molecule has 4 heterocycles. The fourth-order valence-electron chi connectivity index (χ4n) is 4.38. The van der Waals surface area contributed by atoms with E-state index in [0.717, 1.165) is 16.7 Å². The van der Waals surface area contributed by atoms with Crippen molar-refractivity contribution >= 4 is 33.4 Å². The molecule has 3 aromatic heterocycles. The van der Waals surface area contributed by atoms with Crippen LogP contribution in [0.3, 0.4) is 0 Å². The average molecular weight is 491 g/mol. The van der Waals surface area contributed by atoms with Gasteiger partial charge < -0.3 is 14.6 Å². The first-order valence-electron chi connectivity index (χ1n) is 11.7. The molecule has 2 amide bonds. The second kappa shape index (κ2) is 9.87. The van der Waals surface area contributed by atoms with E-state index in [9.17, 15) is 14.4 Å². The molecule has 35 heavy (non-hydrogen) atoms. The number of aryl methyl sites for hydroxylation is 2. The SMILES string of the molecule is Cc1ccc(-c2csc3ncn(CCC(=O)NC4CCN(C(=O)c5ccco5)CC4)c(=O)c23)cc1. The zero-order valence-electron chi connectivity index (χ0n) is 19.4. The number of thiophene rings is 1. The third-order valence-electron chi connectivity index (χ3n) is 6.38. The minimum absolute atomic E-state index is 0.00509. The van der Waals surface area contributed by atoms with Gasteiger partial charge in [0.25, 0.3) is 11.5 Å². The molecule has 1 fully saturated rings. The van der Waals surface area contributed by atoms with Crippen molar-refractivity contribution in [3.63, 3.8) is 0 Å². The van der Waals surface area contributed by atoms with Gasteiger partial charge in [-0.1, -0.05) is 29.8 Å². The molecule has 1 aromatic carbocycles. The third-order valence-corrected chi connectivity index (χ3v) is 7.27. The maximum absolute atomic E-state index is 13.2. The molecular weight excluding hydrogens is 464 g/mol. The Morgan fingerprint density at radius 1 is 1.17 bits per heavy atom. The van der Waals surface area contributed by atoms with Crippen LogP contribution < -0.4 is 10.9 Å². The number of piperidine rings is 1. The lowest BCUT2D eigenvalue weighted by Crippen LogP contribution is -2.46. The molecule has 1 aliphatic heterocycles. The largest absolute Gasteiger partial charge is 0.459 e. The van der Waals surface area contributed by atoms with Gasteiger partial charge in [0.05, 0.1) is 18.0 Å². The number of carbonyl (C=O) groups is 2. The van der Waals surface area contributed by atoms with Crippen LogP contribution in [0.2, 0.25) is 0 Å². The molecule has 5 rings (SSSR count). The Morgan fingerprint density at radius 3 is 2.66 bits per heavy atom. The number of hydrogen-bond acceptors (Lipinski definition) is 6. The quantitative estimate of drug-likeness (QED) is 0.443. The molecule has 1 N–H and O–H groups in total. The van der Waals surface area contributed by atoms with Crippen molar-refractivity contribution in [3.05, 3.63) is 76.0 Å². The molecule has 0 saturated carbocycles. The van der Waals surface area contributed by atoms with E-state index < -0.39 is 0 Å². The minimum atomic E-state index is -0.135. The Kier molecular flexibility index (Phi) is 6.50. The van der Waals surface area contributed by atoms with Crippen molar-refractivity contribution in [3.8, 4) is 11.1 Å². The summed E-state index contributed by atoms with van der Waals surface area (Å²) in [5, 5.41) is 5.60. The molecule has 0 atom stereocenters. The Hall–Kier alpha value is -3.72. The standard InChI is InChI=1S/C26H26N4O4S/c1-17-4-6-18(7-5-17)20-15-35-24-23(20)26(33)30(16-27-24)13-10-22(31)28-19-8-11-29(12-9-19)25(32)21-3-2-14-34-21/h2-7,14-16,19H,8-13H2,1H3,(H,28,31). The minimum Gasteiger partial charge on any atom is -0.459 e. The van der Waals surface area contributed by atoms with Crippen LogP contribution in [0, 0.1) is 6.92 Å². The van der Waals surface area contributed by atoms with E-state index in [0.29, 0.717) is 41.9 Å². The van der Waals surface area contributed by atoms with Gasteiger partial charge in [0.1, 0.15) is 4.83 Å². The Balaban J connectivity index is 1.19. The number of nitrogens with zero attached hydrogens (tertiary/aromatic N) is 3. The summed E-state index contributed by atoms with van der Waals surface area (Å²) < 4.78 is 6.70. The summed E-state index contributed by atoms with van der Waals surface area (Å²) in [4.78, 5) is 45.1. The van der Waals surface area contributed by atoms with Crippen LogP contribution in [-0.2, 0) is 11.3 Å². The van der Waals surface area contributed by atoms with Gasteiger partial charge in [-0.05, 0) is 37.5 Å². The van der Waals surface area contributed by atoms with E-state index in [1.165, 1.54) is 28.5 Å². The van der Waals surface area contributed by atoms with Crippen molar-refractivity contribution in [1.29, 1.82) is 0 Å². The lowest BCUT2D eigenvalue weighted by molar-refractivity contribution is -0.122. The smallest absolute Gasteiger partial charge is 0.289 e. The number of benzene rings is 1. The summed E-state index contributed by atoms with van der Waals surface area (Å²) in [6.45, 7) is 3.40. The maximum atomic E-state index is 13.2. The van der Waals surface area contributed by atoms with Crippen LogP contribution in [0.5, 0.6) is 0 Å². The molecule has 8 nitrogen and oxygen atoms in total. The molecule has 4 aromatic rings. The highest BCUT2D eigenvalue weighted by Gasteiger charge is 2.25. The van der Waals surface area contributed by atoms with Crippen molar-refractivity contribution in [2.45, 2.75) is 38.8 Å². The van der Waals surface area contributed by atoms with Crippen molar-refractivity contribution in [1.82, 2.24) is 19.8 Å². The summed E-state index contributed by atoms with van der Waals surface area (Å²) in [5.41, 5.74) is 2.87. The van der Waals surface area contributed by atoms with E-state index in [1.54, 1.807) is 17.0 Å². The highest BCUT2D eigenvalue weighted by atomic mass is 32.1. The number of nitrogens with one attached hydrogen (secondary N) is 1. The van der Waals surface area contributed by atoms with Crippen LogP contribution in [0.15, 0.2) is 63.6 Å². The lowest BCUT2D eigenvalue weighted by Gasteiger charge is -2.31. The molecule has 1 saturated heterocycles. The number of hydrogen-bond donors (Lipinski definition) is 1. The molecule has 9 heteroatoms.